The molecule has 0 aliphatic heterocycles. The molecule has 0 aliphatic carbocycles. The zero-order chi connectivity index (χ0) is 12.3. The maximum absolute atomic E-state index is 5.98. The highest BCUT2D eigenvalue weighted by Crippen LogP contribution is 2.25. The van der Waals surface area contributed by atoms with Crippen LogP contribution in [-0.2, 0) is 6.42 Å². The summed E-state index contributed by atoms with van der Waals surface area (Å²) in [5, 5.41) is 1.18. The van der Waals surface area contributed by atoms with Gasteiger partial charge in [-0.15, -0.1) is 0 Å². The number of nitrogens with two attached hydrogens (primary N) is 1. The zero-order valence-corrected chi connectivity index (χ0v) is 10.7. The number of hydrogen-bond acceptors (Lipinski definition) is 2. The van der Waals surface area contributed by atoms with Gasteiger partial charge in [0.2, 0.25) is 0 Å². The van der Waals surface area contributed by atoms with Crippen molar-refractivity contribution >= 4 is 11.0 Å². The van der Waals surface area contributed by atoms with E-state index in [0.29, 0.717) is 0 Å². The molecule has 0 fully saturated rings. The summed E-state index contributed by atoms with van der Waals surface area (Å²) in [5.74, 6) is 0.898. The summed E-state index contributed by atoms with van der Waals surface area (Å²) in [5.41, 5.74) is 8.32. The van der Waals surface area contributed by atoms with Gasteiger partial charge in [0.1, 0.15) is 11.3 Å². The molecule has 0 radical (unpaired) electrons. The fourth-order valence-corrected chi connectivity index (χ4v) is 2.03. The Hall–Kier alpha value is -1.28. The van der Waals surface area contributed by atoms with Crippen molar-refractivity contribution in [2.75, 3.05) is 0 Å². The zero-order valence-electron chi connectivity index (χ0n) is 10.7. The Labute approximate surface area is 103 Å². The molecular weight excluding hydrogens is 210 g/mol. The Morgan fingerprint density at radius 2 is 2.06 bits per heavy atom. The van der Waals surface area contributed by atoms with E-state index in [1.165, 1.54) is 23.8 Å². The first-order chi connectivity index (χ1) is 8.24. The molecule has 2 heteroatoms. The Kier molecular flexibility index (Phi) is 3.85. The molecule has 17 heavy (non-hydrogen) atoms. The highest BCUT2D eigenvalue weighted by molar-refractivity contribution is 5.78. The number of hydrogen-bond donors (Lipinski definition) is 1. The second-order valence-corrected chi connectivity index (χ2v) is 4.64. The number of fused-ring (bicyclic) bond motifs is 1. The molecule has 1 aromatic heterocycles. The van der Waals surface area contributed by atoms with Crippen LogP contribution in [0.5, 0.6) is 0 Å². The lowest BCUT2D eigenvalue weighted by Gasteiger charge is -2.02. The third-order valence-electron chi connectivity index (χ3n) is 3.22. The van der Waals surface area contributed by atoms with Crippen molar-refractivity contribution in [3.05, 3.63) is 35.6 Å². The normalized spacial score (nSPS) is 13.1. The van der Waals surface area contributed by atoms with Crippen LogP contribution < -0.4 is 5.73 Å². The van der Waals surface area contributed by atoms with Crippen LogP contribution in [0.3, 0.4) is 0 Å². The summed E-state index contributed by atoms with van der Waals surface area (Å²) >= 11 is 0. The molecule has 0 saturated heterocycles. The van der Waals surface area contributed by atoms with Gasteiger partial charge in [-0.05, 0) is 43.0 Å². The van der Waals surface area contributed by atoms with Gasteiger partial charge in [-0.3, -0.25) is 0 Å². The summed E-state index contributed by atoms with van der Waals surface area (Å²) in [6, 6.07) is 8.54. The van der Waals surface area contributed by atoms with Crippen LogP contribution in [0.1, 0.15) is 50.5 Å². The fourth-order valence-electron chi connectivity index (χ4n) is 2.03. The van der Waals surface area contributed by atoms with Gasteiger partial charge in [-0.1, -0.05) is 26.3 Å². The Morgan fingerprint density at radius 1 is 1.24 bits per heavy atom. The molecule has 2 nitrogen and oxygen atoms in total. The molecule has 0 bridgehead atoms. The third-order valence-corrected chi connectivity index (χ3v) is 3.22. The van der Waals surface area contributed by atoms with Crippen LogP contribution in [0.2, 0.25) is 0 Å². The standard InChI is InChI=1S/C15H21NO/c1-3-5-6-11-7-8-14-12(9-11)10-15(17-14)13(16)4-2/h7-10,13H,3-6,16H2,1-2H3. The van der Waals surface area contributed by atoms with E-state index >= 15 is 0 Å². The van der Waals surface area contributed by atoms with E-state index in [-0.39, 0.29) is 6.04 Å². The minimum absolute atomic E-state index is 0.0153. The number of rotatable bonds is 5. The molecular formula is C15H21NO. The fraction of sp³-hybridized carbons (Fsp3) is 0.467. The molecule has 0 amide bonds. The van der Waals surface area contributed by atoms with Crippen LogP contribution in [0.15, 0.2) is 28.7 Å². The number of benzene rings is 1. The number of aryl methyl sites for hydroxylation is 1. The molecule has 1 atom stereocenters. The van der Waals surface area contributed by atoms with E-state index in [1.54, 1.807) is 0 Å². The van der Waals surface area contributed by atoms with Gasteiger partial charge in [-0.2, -0.15) is 0 Å². The van der Waals surface area contributed by atoms with E-state index in [4.69, 9.17) is 10.2 Å². The average Bonchev–Trinajstić information content (AvgIpc) is 2.78. The molecule has 0 aliphatic rings. The van der Waals surface area contributed by atoms with Crippen molar-refractivity contribution in [2.24, 2.45) is 5.73 Å². The van der Waals surface area contributed by atoms with Crippen molar-refractivity contribution in [2.45, 2.75) is 45.6 Å². The van der Waals surface area contributed by atoms with Crippen molar-refractivity contribution in [3.63, 3.8) is 0 Å². The average molecular weight is 231 g/mol. The summed E-state index contributed by atoms with van der Waals surface area (Å²) < 4.78 is 5.76. The van der Waals surface area contributed by atoms with Gasteiger partial charge in [0.15, 0.2) is 0 Å². The van der Waals surface area contributed by atoms with Crippen LogP contribution in [0, 0.1) is 0 Å². The van der Waals surface area contributed by atoms with Gasteiger partial charge in [-0.25, -0.2) is 0 Å². The molecule has 1 heterocycles. The second-order valence-electron chi connectivity index (χ2n) is 4.64. The predicted molar refractivity (Wildman–Crippen MR) is 72.0 cm³/mol. The minimum Gasteiger partial charge on any atom is -0.459 e. The molecule has 0 spiro atoms. The van der Waals surface area contributed by atoms with Crippen LogP contribution >= 0.6 is 0 Å². The Balaban J connectivity index is 2.27. The molecule has 92 valence electrons. The predicted octanol–water partition coefficient (Wildman–Crippen LogP) is 4.19. The third kappa shape index (κ3) is 2.70. The van der Waals surface area contributed by atoms with E-state index in [2.05, 4.69) is 38.1 Å². The van der Waals surface area contributed by atoms with Gasteiger partial charge in [0.25, 0.3) is 0 Å². The summed E-state index contributed by atoms with van der Waals surface area (Å²) in [4.78, 5) is 0. The number of unbranched alkanes of at least 4 members (excludes halogenated alkanes) is 1. The lowest BCUT2D eigenvalue weighted by Crippen LogP contribution is -2.06. The van der Waals surface area contributed by atoms with E-state index in [9.17, 15) is 0 Å². The molecule has 1 unspecified atom stereocenters. The van der Waals surface area contributed by atoms with Gasteiger partial charge in [0, 0.05) is 5.39 Å². The summed E-state index contributed by atoms with van der Waals surface area (Å²) in [6.07, 6.45) is 4.52. The maximum Gasteiger partial charge on any atom is 0.134 e. The SMILES string of the molecule is CCCCc1ccc2oc(C(N)CC)cc2c1. The van der Waals surface area contributed by atoms with Crippen molar-refractivity contribution in [1.82, 2.24) is 0 Å². The largest absolute Gasteiger partial charge is 0.459 e. The lowest BCUT2D eigenvalue weighted by atomic mass is 10.1. The maximum atomic E-state index is 5.98. The first-order valence-corrected chi connectivity index (χ1v) is 6.52. The Bertz CT molecular complexity index is 487. The Morgan fingerprint density at radius 3 is 2.76 bits per heavy atom. The highest BCUT2D eigenvalue weighted by Gasteiger charge is 2.10. The molecule has 2 aromatic rings. The molecule has 0 saturated carbocycles. The minimum atomic E-state index is 0.0153. The van der Waals surface area contributed by atoms with Gasteiger partial charge >= 0.3 is 0 Å². The van der Waals surface area contributed by atoms with Crippen molar-refractivity contribution < 1.29 is 4.42 Å². The van der Waals surface area contributed by atoms with Crippen LogP contribution in [-0.4, -0.2) is 0 Å². The summed E-state index contributed by atoms with van der Waals surface area (Å²) in [7, 11) is 0. The first-order valence-electron chi connectivity index (χ1n) is 6.52. The van der Waals surface area contributed by atoms with Crippen molar-refractivity contribution in [1.29, 1.82) is 0 Å². The van der Waals surface area contributed by atoms with E-state index < -0.39 is 0 Å². The van der Waals surface area contributed by atoms with Gasteiger partial charge in [0.05, 0.1) is 6.04 Å². The highest BCUT2D eigenvalue weighted by atomic mass is 16.3. The second kappa shape index (κ2) is 5.37. The number of furan rings is 1. The smallest absolute Gasteiger partial charge is 0.134 e. The first kappa shape index (κ1) is 12.2. The van der Waals surface area contributed by atoms with Crippen LogP contribution in [0.25, 0.3) is 11.0 Å². The monoisotopic (exact) mass is 231 g/mol. The van der Waals surface area contributed by atoms with Crippen LogP contribution in [0.4, 0.5) is 0 Å². The van der Waals surface area contributed by atoms with Crippen molar-refractivity contribution in [3.8, 4) is 0 Å². The van der Waals surface area contributed by atoms with E-state index in [1.807, 2.05) is 0 Å². The quantitative estimate of drug-likeness (QED) is 0.838. The topological polar surface area (TPSA) is 39.2 Å². The molecule has 2 rings (SSSR count). The van der Waals surface area contributed by atoms with E-state index in [0.717, 1.165) is 24.2 Å². The molecule has 1 aromatic carbocycles. The van der Waals surface area contributed by atoms with Gasteiger partial charge < -0.3 is 10.2 Å². The molecule has 2 N–H and O–H groups in total. The summed E-state index contributed by atoms with van der Waals surface area (Å²) in [6.45, 7) is 4.29. The lowest BCUT2D eigenvalue weighted by molar-refractivity contribution is 0.488.